The lowest BCUT2D eigenvalue weighted by molar-refractivity contribution is -0.116. The van der Waals surface area contributed by atoms with Crippen molar-refractivity contribution in [1.29, 1.82) is 0 Å². The third-order valence-corrected chi connectivity index (χ3v) is 3.77. The third kappa shape index (κ3) is 4.03. The Bertz CT molecular complexity index is 436. The van der Waals surface area contributed by atoms with Gasteiger partial charge in [0.25, 0.3) is 0 Å². The highest BCUT2D eigenvalue weighted by atomic mass is 19.1. The summed E-state index contributed by atoms with van der Waals surface area (Å²) in [6.45, 7) is 1.11. The van der Waals surface area contributed by atoms with Crippen molar-refractivity contribution in [2.45, 2.75) is 38.1 Å². The number of carbonyl (C=O) groups excluding carboxylic acids is 1. The first-order valence-corrected chi connectivity index (χ1v) is 6.91. The van der Waals surface area contributed by atoms with Crippen molar-refractivity contribution in [3.8, 4) is 0 Å². The minimum Gasteiger partial charge on any atom is -0.324 e. The van der Waals surface area contributed by atoms with Crippen LogP contribution in [0.3, 0.4) is 0 Å². The average Bonchev–Trinajstić information content (AvgIpc) is 2.40. The second-order valence-electron chi connectivity index (χ2n) is 5.20. The minimum absolute atomic E-state index is 0.107. The monoisotopic (exact) mass is 264 g/mol. The van der Waals surface area contributed by atoms with Crippen LogP contribution in [0.4, 0.5) is 10.1 Å². The molecule has 1 aliphatic heterocycles. The van der Waals surface area contributed by atoms with Gasteiger partial charge in [0.1, 0.15) is 5.82 Å². The highest BCUT2D eigenvalue weighted by Gasteiger charge is 2.19. The Morgan fingerprint density at radius 1 is 1.42 bits per heavy atom. The number of rotatable bonds is 4. The minimum atomic E-state index is -0.384. The van der Waals surface area contributed by atoms with E-state index in [-0.39, 0.29) is 17.4 Å². The van der Waals surface area contributed by atoms with Crippen molar-refractivity contribution < 1.29 is 9.18 Å². The van der Waals surface area contributed by atoms with Gasteiger partial charge in [-0.3, -0.25) is 4.79 Å². The lowest BCUT2D eigenvalue weighted by Crippen LogP contribution is -2.36. The molecule has 0 radical (unpaired) electrons. The molecule has 1 amide bonds. The third-order valence-electron chi connectivity index (χ3n) is 3.77. The summed E-state index contributed by atoms with van der Waals surface area (Å²) in [6, 6.07) is 6.75. The molecule has 1 N–H and O–H groups in total. The molecule has 1 saturated heterocycles. The van der Waals surface area contributed by atoms with E-state index in [0.29, 0.717) is 12.5 Å². The lowest BCUT2D eigenvalue weighted by atomic mass is 9.98. The summed E-state index contributed by atoms with van der Waals surface area (Å²) >= 11 is 0. The van der Waals surface area contributed by atoms with Gasteiger partial charge in [-0.2, -0.15) is 0 Å². The number of hydrogen-bond donors (Lipinski definition) is 1. The molecule has 4 heteroatoms. The number of anilines is 1. The summed E-state index contributed by atoms with van der Waals surface area (Å²) in [5.74, 6) is -0.491. The number of carbonyl (C=O) groups is 1. The van der Waals surface area contributed by atoms with E-state index in [9.17, 15) is 9.18 Å². The van der Waals surface area contributed by atoms with Gasteiger partial charge in [-0.05, 0) is 45.0 Å². The molecule has 2 rings (SSSR count). The SMILES string of the molecule is CN1CCCCC1CCC(=O)Nc1ccccc1F. The maximum atomic E-state index is 13.4. The fraction of sp³-hybridized carbons (Fsp3) is 0.533. The quantitative estimate of drug-likeness (QED) is 0.906. The van der Waals surface area contributed by atoms with Gasteiger partial charge >= 0.3 is 0 Å². The van der Waals surface area contributed by atoms with Crippen molar-refractivity contribution in [2.75, 3.05) is 18.9 Å². The Labute approximate surface area is 113 Å². The highest BCUT2D eigenvalue weighted by Crippen LogP contribution is 2.19. The summed E-state index contributed by atoms with van der Waals surface area (Å²) in [7, 11) is 2.11. The van der Waals surface area contributed by atoms with Gasteiger partial charge in [-0.1, -0.05) is 18.6 Å². The second kappa shape index (κ2) is 6.66. The van der Waals surface area contributed by atoms with Gasteiger partial charge < -0.3 is 10.2 Å². The Hall–Kier alpha value is -1.42. The zero-order chi connectivity index (χ0) is 13.7. The number of hydrogen-bond acceptors (Lipinski definition) is 2. The summed E-state index contributed by atoms with van der Waals surface area (Å²) < 4.78 is 13.4. The average molecular weight is 264 g/mol. The number of para-hydroxylation sites is 1. The maximum absolute atomic E-state index is 13.4. The van der Waals surface area contributed by atoms with Gasteiger partial charge in [0.2, 0.25) is 5.91 Å². The van der Waals surface area contributed by atoms with Crippen LogP contribution in [0.25, 0.3) is 0 Å². The number of halogens is 1. The maximum Gasteiger partial charge on any atom is 0.224 e. The molecule has 19 heavy (non-hydrogen) atoms. The molecule has 1 aromatic carbocycles. The molecule has 1 atom stereocenters. The number of nitrogens with one attached hydrogen (secondary N) is 1. The van der Waals surface area contributed by atoms with E-state index in [1.165, 1.54) is 18.9 Å². The molecule has 104 valence electrons. The number of likely N-dealkylation sites (tertiary alicyclic amines) is 1. The Kier molecular flexibility index (Phi) is 4.91. The van der Waals surface area contributed by atoms with Crippen molar-refractivity contribution in [3.63, 3.8) is 0 Å². The fourth-order valence-corrected chi connectivity index (χ4v) is 2.58. The van der Waals surface area contributed by atoms with Gasteiger partial charge in [-0.15, -0.1) is 0 Å². The van der Waals surface area contributed by atoms with Crippen LogP contribution in [0.15, 0.2) is 24.3 Å². The van der Waals surface area contributed by atoms with Crippen LogP contribution >= 0.6 is 0 Å². The normalized spacial score (nSPS) is 20.2. The van der Waals surface area contributed by atoms with Crippen molar-refractivity contribution >= 4 is 11.6 Å². The topological polar surface area (TPSA) is 32.3 Å². The zero-order valence-corrected chi connectivity index (χ0v) is 11.4. The summed E-state index contributed by atoms with van der Waals surface area (Å²) in [5.41, 5.74) is 0.268. The molecule has 3 nitrogen and oxygen atoms in total. The molecule has 0 bridgehead atoms. The number of benzene rings is 1. The van der Waals surface area contributed by atoms with E-state index in [1.54, 1.807) is 18.2 Å². The first-order valence-electron chi connectivity index (χ1n) is 6.91. The van der Waals surface area contributed by atoms with Gasteiger partial charge in [0.15, 0.2) is 0 Å². The van der Waals surface area contributed by atoms with Gasteiger partial charge in [-0.25, -0.2) is 4.39 Å². The molecule has 0 spiro atoms. The standard InChI is InChI=1S/C15H21FN2O/c1-18-11-5-4-6-12(18)9-10-15(19)17-14-8-3-2-7-13(14)16/h2-3,7-8,12H,4-6,9-11H2,1H3,(H,17,19). The number of piperidine rings is 1. The Morgan fingerprint density at radius 2 is 2.21 bits per heavy atom. The fourth-order valence-electron chi connectivity index (χ4n) is 2.58. The first-order chi connectivity index (χ1) is 9.16. The second-order valence-corrected chi connectivity index (χ2v) is 5.20. The van der Waals surface area contributed by atoms with Gasteiger partial charge in [0.05, 0.1) is 5.69 Å². The van der Waals surface area contributed by atoms with Crippen molar-refractivity contribution in [2.24, 2.45) is 0 Å². The summed E-state index contributed by atoms with van der Waals surface area (Å²) in [6.07, 6.45) is 4.93. The largest absolute Gasteiger partial charge is 0.324 e. The molecule has 1 unspecified atom stereocenters. The van der Waals surface area contributed by atoms with E-state index in [2.05, 4.69) is 17.3 Å². The number of nitrogens with zero attached hydrogens (tertiary/aromatic N) is 1. The predicted molar refractivity (Wildman–Crippen MR) is 74.5 cm³/mol. The lowest BCUT2D eigenvalue weighted by Gasteiger charge is -2.32. The number of amides is 1. The van der Waals surface area contributed by atoms with E-state index in [0.717, 1.165) is 19.4 Å². The van der Waals surface area contributed by atoms with Crippen LogP contribution in [0.2, 0.25) is 0 Å². The molecular weight excluding hydrogens is 243 g/mol. The van der Waals surface area contributed by atoms with E-state index >= 15 is 0 Å². The Morgan fingerprint density at radius 3 is 2.95 bits per heavy atom. The molecule has 1 heterocycles. The van der Waals surface area contributed by atoms with Crippen LogP contribution in [0.5, 0.6) is 0 Å². The first kappa shape index (κ1) is 14.0. The Balaban J connectivity index is 1.80. The molecule has 0 aliphatic carbocycles. The molecule has 0 saturated carbocycles. The van der Waals surface area contributed by atoms with Crippen LogP contribution in [0, 0.1) is 5.82 Å². The van der Waals surface area contributed by atoms with Crippen LogP contribution in [0.1, 0.15) is 32.1 Å². The zero-order valence-electron chi connectivity index (χ0n) is 11.4. The summed E-state index contributed by atoms with van der Waals surface area (Å²) in [5, 5.41) is 2.63. The van der Waals surface area contributed by atoms with Crippen molar-refractivity contribution in [1.82, 2.24) is 4.90 Å². The molecule has 1 fully saturated rings. The molecule has 0 aromatic heterocycles. The van der Waals surface area contributed by atoms with Crippen LogP contribution < -0.4 is 5.32 Å². The predicted octanol–water partition coefficient (Wildman–Crippen LogP) is 3.03. The smallest absolute Gasteiger partial charge is 0.224 e. The van der Waals surface area contributed by atoms with Gasteiger partial charge in [0, 0.05) is 12.5 Å². The van der Waals surface area contributed by atoms with E-state index in [4.69, 9.17) is 0 Å². The van der Waals surface area contributed by atoms with Crippen molar-refractivity contribution in [3.05, 3.63) is 30.1 Å². The highest BCUT2D eigenvalue weighted by molar-refractivity contribution is 5.90. The summed E-state index contributed by atoms with van der Waals surface area (Å²) in [4.78, 5) is 14.1. The van der Waals surface area contributed by atoms with E-state index < -0.39 is 0 Å². The van der Waals surface area contributed by atoms with Crippen LogP contribution in [-0.4, -0.2) is 30.4 Å². The molecule has 1 aromatic rings. The molecule has 1 aliphatic rings. The van der Waals surface area contributed by atoms with E-state index in [1.807, 2.05) is 0 Å². The molecular formula is C15H21FN2O. The van der Waals surface area contributed by atoms with Crippen LogP contribution in [-0.2, 0) is 4.79 Å².